The summed E-state index contributed by atoms with van der Waals surface area (Å²) in [6, 6.07) is 6.39. The van der Waals surface area contributed by atoms with E-state index in [1.807, 2.05) is 27.7 Å². The van der Waals surface area contributed by atoms with Crippen LogP contribution < -0.4 is 5.32 Å². The SMILES string of the molecule is Cc1noc(C)c1CCC(=O)Nc1ccc(S(=O)(=O)N2[C@@H](C)CCC[C@@H]2C)cc1. The van der Waals surface area contributed by atoms with Crippen LogP contribution in [0.15, 0.2) is 33.7 Å². The van der Waals surface area contributed by atoms with Crippen LogP contribution in [0, 0.1) is 13.8 Å². The average molecular weight is 420 g/mol. The van der Waals surface area contributed by atoms with Crippen LogP contribution in [-0.4, -0.2) is 35.9 Å². The number of benzene rings is 1. The lowest BCUT2D eigenvalue weighted by Crippen LogP contribution is -2.47. The number of anilines is 1. The first-order valence-corrected chi connectivity index (χ1v) is 11.5. The summed E-state index contributed by atoms with van der Waals surface area (Å²) >= 11 is 0. The van der Waals surface area contributed by atoms with E-state index in [1.165, 1.54) is 0 Å². The minimum atomic E-state index is -3.55. The zero-order valence-electron chi connectivity index (χ0n) is 17.4. The first-order chi connectivity index (χ1) is 13.7. The number of nitrogens with one attached hydrogen (secondary N) is 1. The fourth-order valence-electron chi connectivity index (χ4n) is 4.02. The van der Waals surface area contributed by atoms with Crippen LogP contribution in [0.1, 0.15) is 56.5 Å². The molecule has 29 heavy (non-hydrogen) atoms. The molecule has 1 aromatic carbocycles. The Morgan fingerprint density at radius 1 is 1.17 bits per heavy atom. The topological polar surface area (TPSA) is 92.5 Å². The minimum Gasteiger partial charge on any atom is -0.361 e. The molecule has 0 aliphatic carbocycles. The van der Waals surface area contributed by atoms with Crippen molar-refractivity contribution in [2.24, 2.45) is 0 Å². The van der Waals surface area contributed by atoms with Gasteiger partial charge in [-0.3, -0.25) is 4.79 Å². The number of carbonyl (C=O) groups is 1. The second-order valence-corrected chi connectivity index (χ2v) is 9.68. The molecule has 0 spiro atoms. The molecule has 1 fully saturated rings. The van der Waals surface area contributed by atoms with Gasteiger partial charge in [-0.1, -0.05) is 11.6 Å². The predicted octanol–water partition coefficient (Wildman–Crippen LogP) is 3.81. The maximum absolute atomic E-state index is 13.1. The molecule has 2 heterocycles. The molecule has 0 unspecified atom stereocenters. The molecule has 3 rings (SSSR count). The fraction of sp³-hybridized carbons (Fsp3) is 0.524. The first-order valence-electron chi connectivity index (χ1n) is 10.1. The Morgan fingerprint density at radius 2 is 1.79 bits per heavy atom. The van der Waals surface area contributed by atoms with E-state index in [-0.39, 0.29) is 22.9 Å². The second-order valence-electron chi connectivity index (χ2n) is 7.84. The molecule has 1 aliphatic heterocycles. The maximum Gasteiger partial charge on any atom is 0.243 e. The number of hydrogen-bond donors (Lipinski definition) is 1. The van der Waals surface area contributed by atoms with Gasteiger partial charge < -0.3 is 9.84 Å². The minimum absolute atomic E-state index is 0.00699. The van der Waals surface area contributed by atoms with E-state index in [0.29, 0.717) is 18.5 Å². The van der Waals surface area contributed by atoms with Crippen LogP contribution in [0.2, 0.25) is 0 Å². The highest BCUT2D eigenvalue weighted by molar-refractivity contribution is 7.89. The molecule has 2 atom stereocenters. The summed E-state index contributed by atoms with van der Waals surface area (Å²) in [6.45, 7) is 7.60. The average Bonchev–Trinajstić information content (AvgIpc) is 2.98. The van der Waals surface area contributed by atoms with Gasteiger partial charge in [0.05, 0.1) is 10.6 Å². The normalized spacial score (nSPS) is 20.6. The van der Waals surface area contributed by atoms with Crippen molar-refractivity contribution in [3.05, 3.63) is 41.3 Å². The third-order valence-electron chi connectivity index (χ3n) is 5.61. The summed E-state index contributed by atoms with van der Waals surface area (Å²) in [7, 11) is -3.55. The van der Waals surface area contributed by atoms with Gasteiger partial charge in [0.1, 0.15) is 5.76 Å². The number of amides is 1. The molecule has 1 aliphatic rings. The third kappa shape index (κ3) is 4.70. The number of hydrogen-bond acceptors (Lipinski definition) is 5. The highest BCUT2D eigenvalue weighted by Crippen LogP contribution is 2.30. The number of aromatic nitrogens is 1. The van der Waals surface area contributed by atoms with Gasteiger partial charge >= 0.3 is 0 Å². The highest BCUT2D eigenvalue weighted by atomic mass is 32.2. The molecule has 158 valence electrons. The molecule has 0 saturated carbocycles. The summed E-state index contributed by atoms with van der Waals surface area (Å²) in [5.74, 6) is 0.588. The summed E-state index contributed by atoms with van der Waals surface area (Å²) < 4.78 is 32.9. The molecule has 1 amide bonds. The highest BCUT2D eigenvalue weighted by Gasteiger charge is 2.35. The van der Waals surface area contributed by atoms with Crippen molar-refractivity contribution in [2.45, 2.75) is 76.8 Å². The Hall–Kier alpha value is -2.19. The van der Waals surface area contributed by atoms with Gasteiger partial charge in [0.25, 0.3) is 0 Å². The number of carbonyl (C=O) groups excluding carboxylic acids is 1. The van der Waals surface area contributed by atoms with Crippen molar-refractivity contribution in [1.29, 1.82) is 0 Å². The standard InChI is InChI=1S/C21H29N3O4S/c1-14-6-5-7-15(2)24(14)29(26,27)19-10-8-18(9-11-19)22-21(25)13-12-20-16(3)23-28-17(20)4/h8-11,14-15H,5-7,12-13H2,1-4H3,(H,22,25)/t14-,15-/m0/s1. The first kappa shape index (κ1) is 21.5. The van der Waals surface area contributed by atoms with Gasteiger partial charge in [0.2, 0.25) is 15.9 Å². The molecule has 1 aromatic heterocycles. The van der Waals surface area contributed by atoms with Gasteiger partial charge in [-0.15, -0.1) is 0 Å². The van der Waals surface area contributed by atoms with Crippen LogP contribution in [0.4, 0.5) is 5.69 Å². The van der Waals surface area contributed by atoms with Crippen LogP contribution in [0.3, 0.4) is 0 Å². The lowest BCUT2D eigenvalue weighted by molar-refractivity contribution is -0.116. The number of nitrogens with zero attached hydrogens (tertiary/aromatic N) is 2. The van der Waals surface area contributed by atoms with Crippen molar-refractivity contribution in [1.82, 2.24) is 9.46 Å². The molecule has 7 nitrogen and oxygen atoms in total. The van der Waals surface area contributed by atoms with Crippen molar-refractivity contribution < 1.29 is 17.7 Å². The van der Waals surface area contributed by atoms with Gasteiger partial charge in [-0.05, 0) is 71.2 Å². The molecule has 0 bridgehead atoms. The van der Waals surface area contributed by atoms with Crippen LogP contribution in [-0.2, 0) is 21.2 Å². The van der Waals surface area contributed by atoms with E-state index in [1.54, 1.807) is 28.6 Å². The number of aryl methyl sites for hydroxylation is 2. The largest absolute Gasteiger partial charge is 0.361 e. The zero-order chi connectivity index (χ0) is 21.2. The van der Waals surface area contributed by atoms with Crippen molar-refractivity contribution in [3.63, 3.8) is 0 Å². The van der Waals surface area contributed by atoms with Crippen molar-refractivity contribution in [2.75, 3.05) is 5.32 Å². The predicted molar refractivity (Wildman–Crippen MR) is 111 cm³/mol. The van der Waals surface area contributed by atoms with Crippen LogP contribution >= 0.6 is 0 Å². The number of rotatable bonds is 6. The second kappa shape index (κ2) is 8.67. The van der Waals surface area contributed by atoms with Crippen LogP contribution in [0.25, 0.3) is 0 Å². The quantitative estimate of drug-likeness (QED) is 0.768. The Bertz CT molecular complexity index is 937. The summed E-state index contributed by atoms with van der Waals surface area (Å²) in [6.07, 6.45) is 3.65. The summed E-state index contributed by atoms with van der Waals surface area (Å²) in [5.41, 5.74) is 2.32. The Labute approximate surface area is 172 Å². The maximum atomic E-state index is 13.1. The summed E-state index contributed by atoms with van der Waals surface area (Å²) in [4.78, 5) is 12.5. The lowest BCUT2D eigenvalue weighted by Gasteiger charge is -2.37. The van der Waals surface area contributed by atoms with Gasteiger partial charge in [-0.25, -0.2) is 8.42 Å². The molecule has 8 heteroatoms. The number of piperidine rings is 1. The van der Waals surface area contributed by atoms with E-state index in [0.717, 1.165) is 36.3 Å². The van der Waals surface area contributed by atoms with Crippen LogP contribution in [0.5, 0.6) is 0 Å². The summed E-state index contributed by atoms with van der Waals surface area (Å²) in [5, 5.41) is 6.71. The molecule has 1 saturated heterocycles. The Balaban J connectivity index is 1.64. The van der Waals surface area contributed by atoms with E-state index >= 15 is 0 Å². The monoisotopic (exact) mass is 419 g/mol. The lowest BCUT2D eigenvalue weighted by atomic mass is 10.0. The van der Waals surface area contributed by atoms with Gasteiger partial charge in [0, 0.05) is 29.8 Å². The van der Waals surface area contributed by atoms with E-state index < -0.39 is 10.0 Å². The van der Waals surface area contributed by atoms with Crippen molar-refractivity contribution >= 4 is 21.6 Å². The molecule has 0 radical (unpaired) electrons. The van der Waals surface area contributed by atoms with E-state index in [4.69, 9.17) is 4.52 Å². The molecule has 1 N–H and O–H groups in total. The van der Waals surface area contributed by atoms with Gasteiger partial charge in [-0.2, -0.15) is 4.31 Å². The molecular weight excluding hydrogens is 390 g/mol. The van der Waals surface area contributed by atoms with E-state index in [9.17, 15) is 13.2 Å². The number of sulfonamides is 1. The Morgan fingerprint density at radius 3 is 2.34 bits per heavy atom. The fourth-order valence-corrected chi connectivity index (χ4v) is 5.91. The van der Waals surface area contributed by atoms with E-state index in [2.05, 4.69) is 10.5 Å². The zero-order valence-corrected chi connectivity index (χ0v) is 18.3. The smallest absolute Gasteiger partial charge is 0.243 e. The molecular formula is C21H29N3O4S. The molecule has 2 aromatic rings. The van der Waals surface area contributed by atoms with Crippen molar-refractivity contribution in [3.8, 4) is 0 Å². The van der Waals surface area contributed by atoms with Gasteiger partial charge in [0.15, 0.2) is 0 Å². The Kier molecular flexibility index (Phi) is 6.43. The third-order valence-corrected chi connectivity index (χ3v) is 7.75.